The van der Waals surface area contributed by atoms with Crippen molar-refractivity contribution in [3.05, 3.63) is 12.7 Å². The molecule has 1 aromatic heterocycles. The van der Waals surface area contributed by atoms with Crippen molar-refractivity contribution in [2.45, 2.75) is 33.7 Å². The molecule has 1 rings (SSSR count). The number of hydrogen-bond acceptors (Lipinski definition) is 3. The minimum Gasteiger partial charge on any atom is -0.356 e. The lowest BCUT2D eigenvalue weighted by Crippen LogP contribution is -2.35. The Hall–Kier alpha value is -1.39. The molecule has 0 aromatic carbocycles. The zero-order chi connectivity index (χ0) is 11.3. The molecule has 0 bridgehead atoms. The van der Waals surface area contributed by atoms with E-state index in [1.165, 1.54) is 6.33 Å². The number of carbonyl (C=O) groups excluding carboxylic acids is 1. The van der Waals surface area contributed by atoms with Crippen molar-refractivity contribution in [2.24, 2.45) is 5.41 Å². The van der Waals surface area contributed by atoms with Gasteiger partial charge in [-0.05, 0) is 6.42 Å². The second-order valence-corrected chi connectivity index (χ2v) is 4.52. The van der Waals surface area contributed by atoms with Crippen LogP contribution in [0.1, 0.15) is 27.2 Å². The summed E-state index contributed by atoms with van der Waals surface area (Å²) in [5, 5.41) is 6.86. The van der Waals surface area contributed by atoms with Gasteiger partial charge in [-0.2, -0.15) is 5.10 Å². The Morgan fingerprint density at radius 2 is 2.20 bits per heavy atom. The van der Waals surface area contributed by atoms with Crippen molar-refractivity contribution >= 4 is 5.91 Å². The van der Waals surface area contributed by atoms with Crippen molar-refractivity contribution in [3.63, 3.8) is 0 Å². The van der Waals surface area contributed by atoms with Gasteiger partial charge in [0.25, 0.3) is 0 Å². The van der Waals surface area contributed by atoms with Gasteiger partial charge in [-0.25, -0.2) is 4.98 Å². The van der Waals surface area contributed by atoms with Crippen molar-refractivity contribution in [3.8, 4) is 0 Å². The van der Waals surface area contributed by atoms with E-state index in [0.717, 1.165) is 13.0 Å². The van der Waals surface area contributed by atoms with Gasteiger partial charge in [0.15, 0.2) is 0 Å². The molecule has 1 heterocycles. The summed E-state index contributed by atoms with van der Waals surface area (Å²) in [6.45, 7) is 7.17. The first-order chi connectivity index (χ1) is 7.00. The van der Waals surface area contributed by atoms with E-state index in [-0.39, 0.29) is 11.3 Å². The molecule has 5 heteroatoms. The second-order valence-electron chi connectivity index (χ2n) is 4.52. The summed E-state index contributed by atoms with van der Waals surface area (Å²) in [6.07, 6.45) is 4.05. The van der Waals surface area contributed by atoms with Gasteiger partial charge in [0.05, 0.1) is 0 Å². The number of aromatic nitrogens is 3. The van der Waals surface area contributed by atoms with Crippen LogP contribution in [0.15, 0.2) is 12.7 Å². The van der Waals surface area contributed by atoms with Crippen LogP contribution in [-0.4, -0.2) is 27.2 Å². The van der Waals surface area contributed by atoms with Crippen LogP contribution >= 0.6 is 0 Å². The van der Waals surface area contributed by atoms with E-state index in [0.29, 0.717) is 6.54 Å². The van der Waals surface area contributed by atoms with Crippen LogP contribution < -0.4 is 5.32 Å². The summed E-state index contributed by atoms with van der Waals surface area (Å²) < 4.78 is 1.75. The number of amides is 1. The Kier molecular flexibility index (Phi) is 3.82. The minimum absolute atomic E-state index is 0.0843. The molecule has 0 aliphatic rings. The lowest BCUT2D eigenvalue weighted by Gasteiger charge is -2.17. The molecule has 5 nitrogen and oxygen atoms in total. The molecule has 0 fully saturated rings. The number of nitrogens with one attached hydrogen (secondary N) is 1. The fraction of sp³-hybridized carbons (Fsp3) is 0.700. The average Bonchev–Trinajstić information content (AvgIpc) is 2.63. The van der Waals surface area contributed by atoms with Gasteiger partial charge < -0.3 is 5.32 Å². The van der Waals surface area contributed by atoms with E-state index in [4.69, 9.17) is 0 Å². The molecular formula is C10H18N4O. The number of rotatable bonds is 4. The Bertz CT molecular complexity index is 300. The number of carbonyl (C=O) groups is 1. The summed E-state index contributed by atoms with van der Waals surface area (Å²) in [7, 11) is 0. The van der Waals surface area contributed by atoms with Crippen molar-refractivity contribution in [2.75, 3.05) is 6.54 Å². The summed E-state index contributed by atoms with van der Waals surface area (Å²) in [5.74, 6) is 0.0843. The van der Waals surface area contributed by atoms with Gasteiger partial charge in [0.2, 0.25) is 5.91 Å². The molecule has 0 saturated heterocycles. The minimum atomic E-state index is -0.312. The van der Waals surface area contributed by atoms with Gasteiger partial charge in [0.1, 0.15) is 12.7 Å². The smallest absolute Gasteiger partial charge is 0.225 e. The average molecular weight is 210 g/mol. The molecule has 1 aromatic rings. The largest absolute Gasteiger partial charge is 0.356 e. The van der Waals surface area contributed by atoms with Crippen LogP contribution in [-0.2, 0) is 11.3 Å². The lowest BCUT2D eigenvalue weighted by atomic mass is 9.96. The third-order valence-electron chi connectivity index (χ3n) is 2.00. The van der Waals surface area contributed by atoms with E-state index >= 15 is 0 Å². The predicted molar refractivity (Wildman–Crippen MR) is 57.1 cm³/mol. The van der Waals surface area contributed by atoms with E-state index < -0.39 is 0 Å². The van der Waals surface area contributed by atoms with Crippen LogP contribution in [0.25, 0.3) is 0 Å². The molecule has 1 amide bonds. The normalized spacial score (nSPS) is 11.4. The van der Waals surface area contributed by atoms with Gasteiger partial charge in [-0.15, -0.1) is 0 Å². The first-order valence-electron chi connectivity index (χ1n) is 5.11. The quantitative estimate of drug-likeness (QED) is 0.749. The molecule has 0 saturated carbocycles. The third kappa shape index (κ3) is 4.10. The number of nitrogens with zero attached hydrogens (tertiary/aromatic N) is 3. The van der Waals surface area contributed by atoms with Gasteiger partial charge in [-0.1, -0.05) is 20.8 Å². The summed E-state index contributed by atoms with van der Waals surface area (Å²) in [6, 6.07) is 0. The summed E-state index contributed by atoms with van der Waals surface area (Å²) in [5.41, 5.74) is -0.312. The Morgan fingerprint density at radius 3 is 2.73 bits per heavy atom. The zero-order valence-electron chi connectivity index (χ0n) is 9.53. The van der Waals surface area contributed by atoms with Crippen molar-refractivity contribution in [1.82, 2.24) is 20.1 Å². The lowest BCUT2D eigenvalue weighted by molar-refractivity contribution is -0.128. The van der Waals surface area contributed by atoms with Crippen LogP contribution in [0.4, 0.5) is 0 Å². The van der Waals surface area contributed by atoms with Crippen molar-refractivity contribution < 1.29 is 4.79 Å². The Labute approximate surface area is 89.9 Å². The molecule has 0 aliphatic heterocycles. The maximum atomic E-state index is 11.5. The molecule has 1 N–H and O–H groups in total. The van der Waals surface area contributed by atoms with E-state index in [2.05, 4.69) is 15.4 Å². The standard InChI is InChI=1S/C10H18N4O/c1-10(2,3)9(15)12-5-4-6-14-8-11-7-13-14/h7-8H,4-6H2,1-3H3,(H,12,15). The first-order valence-corrected chi connectivity index (χ1v) is 5.11. The van der Waals surface area contributed by atoms with Crippen molar-refractivity contribution in [1.29, 1.82) is 0 Å². The summed E-state index contributed by atoms with van der Waals surface area (Å²) >= 11 is 0. The van der Waals surface area contributed by atoms with Gasteiger partial charge in [0, 0.05) is 18.5 Å². The van der Waals surface area contributed by atoms with E-state index in [1.54, 1.807) is 11.0 Å². The first kappa shape index (κ1) is 11.7. The maximum absolute atomic E-state index is 11.5. The highest BCUT2D eigenvalue weighted by molar-refractivity contribution is 5.81. The number of aryl methyl sites for hydroxylation is 1. The third-order valence-corrected chi connectivity index (χ3v) is 2.00. The predicted octanol–water partition coefficient (Wildman–Crippen LogP) is 0.830. The Morgan fingerprint density at radius 1 is 1.47 bits per heavy atom. The fourth-order valence-corrected chi connectivity index (χ4v) is 1.06. The molecule has 0 atom stereocenters. The molecule has 15 heavy (non-hydrogen) atoms. The van der Waals surface area contributed by atoms with Gasteiger partial charge in [-0.3, -0.25) is 9.48 Å². The highest BCUT2D eigenvalue weighted by Gasteiger charge is 2.19. The maximum Gasteiger partial charge on any atom is 0.225 e. The van der Waals surface area contributed by atoms with Gasteiger partial charge >= 0.3 is 0 Å². The fourth-order valence-electron chi connectivity index (χ4n) is 1.06. The zero-order valence-corrected chi connectivity index (χ0v) is 9.53. The highest BCUT2D eigenvalue weighted by Crippen LogP contribution is 2.11. The molecule has 0 radical (unpaired) electrons. The van der Waals surface area contributed by atoms with E-state index in [9.17, 15) is 4.79 Å². The monoisotopic (exact) mass is 210 g/mol. The number of hydrogen-bond donors (Lipinski definition) is 1. The van der Waals surface area contributed by atoms with Crippen LogP contribution in [0.2, 0.25) is 0 Å². The topological polar surface area (TPSA) is 59.8 Å². The molecule has 0 aliphatic carbocycles. The summed E-state index contributed by atoms with van der Waals surface area (Å²) in [4.78, 5) is 15.3. The SMILES string of the molecule is CC(C)(C)C(=O)NCCCn1cncn1. The molecule has 0 unspecified atom stereocenters. The molecular weight excluding hydrogens is 192 g/mol. The molecule has 84 valence electrons. The van der Waals surface area contributed by atoms with Crippen LogP contribution in [0.3, 0.4) is 0 Å². The van der Waals surface area contributed by atoms with E-state index in [1.807, 2.05) is 20.8 Å². The van der Waals surface area contributed by atoms with Crippen LogP contribution in [0.5, 0.6) is 0 Å². The highest BCUT2D eigenvalue weighted by atomic mass is 16.2. The Balaban J connectivity index is 2.15. The molecule has 0 spiro atoms. The second kappa shape index (κ2) is 4.91. The van der Waals surface area contributed by atoms with Crippen LogP contribution in [0, 0.1) is 5.41 Å².